The predicted octanol–water partition coefficient (Wildman–Crippen LogP) is 4.21. The molecule has 0 saturated heterocycles. The molecule has 32 heavy (non-hydrogen) atoms. The van der Waals surface area contributed by atoms with Crippen molar-refractivity contribution in [2.45, 2.75) is 26.2 Å². The fourth-order valence-corrected chi connectivity index (χ4v) is 3.51. The molecular weight excluding hydrogens is 412 g/mol. The van der Waals surface area contributed by atoms with E-state index in [-0.39, 0.29) is 53.5 Å². The number of hydrogen-bond donors (Lipinski definition) is 2. The van der Waals surface area contributed by atoms with Gasteiger partial charge in [0.15, 0.2) is 23.0 Å². The van der Waals surface area contributed by atoms with Crippen LogP contribution >= 0.6 is 0 Å². The molecule has 0 amide bonds. The molecule has 0 spiro atoms. The van der Waals surface area contributed by atoms with Gasteiger partial charge in [0.25, 0.3) is 0 Å². The summed E-state index contributed by atoms with van der Waals surface area (Å²) in [7, 11) is 2.87. The van der Waals surface area contributed by atoms with Crippen molar-refractivity contribution >= 4 is 12.3 Å². The van der Waals surface area contributed by atoms with Crippen LogP contribution in [0.4, 0.5) is 0 Å². The predicted molar refractivity (Wildman–Crippen MR) is 120 cm³/mol. The van der Waals surface area contributed by atoms with E-state index in [1.54, 1.807) is 24.3 Å². The van der Waals surface area contributed by atoms with E-state index in [1.807, 2.05) is 13.8 Å². The quantitative estimate of drug-likeness (QED) is 0.305. The molecule has 0 fully saturated rings. The highest BCUT2D eigenvalue weighted by molar-refractivity contribution is 5.74. The number of esters is 1. The van der Waals surface area contributed by atoms with Crippen molar-refractivity contribution in [1.29, 1.82) is 0 Å². The van der Waals surface area contributed by atoms with Crippen molar-refractivity contribution < 1.29 is 34.0 Å². The molecule has 0 heterocycles. The number of aldehydes is 1. The van der Waals surface area contributed by atoms with Crippen molar-refractivity contribution in [2.75, 3.05) is 20.8 Å². The minimum absolute atomic E-state index is 0.0348. The lowest BCUT2D eigenvalue weighted by Gasteiger charge is -2.28. The maximum atomic E-state index is 12.2. The van der Waals surface area contributed by atoms with Crippen molar-refractivity contribution in [3.63, 3.8) is 0 Å². The number of hydrogen-bond acceptors (Lipinski definition) is 7. The number of carbonyl (C=O) groups is 2. The summed E-state index contributed by atoms with van der Waals surface area (Å²) in [5, 5.41) is 20.1. The van der Waals surface area contributed by atoms with Gasteiger partial charge >= 0.3 is 5.97 Å². The molecule has 0 aromatic heterocycles. The van der Waals surface area contributed by atoms with Crippen molar-refractivity contribution in [1.82, 2.24) is 0 Å². The van der Waals surface area contributed by atoms with E-state index in [0.717, 1.165) is 0 Å². The van der Waals surface area contributed by atoms with E-state index < -0.39 is 11.8 Å². The number of carbonyl (C=O) groups excluding carboxylic acids is 2. The second kappa shape index (κ2) is 11.2. The number of benzene rings is 2. The Hall–Kier alpha value is -3.48. The van der Waals surface area contributed by atoms with Gasteiger partial charge in [-0.25, -0.2) is 0 Å². The van der Waals surface area contributed by atoms with E-state index in [1.165, 1.54) is 26.4 Å². The Labute approximate surface area is 188 Å². The van der Waals surface area contributed by atoms with Gasteiger partial charge in [-0.05, 0) is 46.9 Å². The third kappa shape index (κ3) is 6.03. The molecule has 0 aliphatic carbocycles. The van der Waals surface area contributed by atoms with Crippen molar-refractivity contribution in [2.24, 2.45) is 11.8 Å². The van der Waals surface area contributed by atoms with Gasteiger partial charge in [-0.15, -0.1) is 0 Å². The highest BCUT2D eigenvalue weighted by atomic mass is 16.5. The van der Waals surface area contributed by atoms with E-state index >= 15 is 0 Å². The first-order valence-electron chi connectivity index (χ1n) is 10.2. The Morgan fingerprint density at radius 3 is 1.91 bits per heavy atom. The highest BCUT2D eigenvalue weighted by Crippen LogP contribution is 2.41. The smallest absolute Gasteiger partial charge is 0.306 e. The number of ether oxygens (including phenoxy) is 3. The largest absolute Gasteiger partial charge is 0.504 e. The zero-order valence-electron chi connectivity index (χ0n) is 18.8. The molecule has 0 aliphatic heterocycles. The molecule has 2 aromatic carbocycles. The minimum atomic E-state index is -0.605. The first kappa shape index (κ1) is 24.8. The van der Waals surface area contributed by atoms with Gasteiger partial charge in [-0.1, -0.05) is 32.6 Å². The number of aromatic hydroxyl groups is 2. The Bertz CT molecular complexity index is 911. The summed E-state index contributed by atoms with van der Waals surface area (Å²) in [6.45, 7) is 7.64. The summed E-state index contributed by atoms with van der Waals surface area (Å²) in [5.74, 6) is -0.908. The summed E-state index contributed by atoms with van der Waals surface area (Å²) in [5.41, 5.74) is 1.63. The molecule has 1 atom stereocenters. The van der Waals surface area contributed by atoms with Gasteiger partial charge in [0.1, 0.15) is 6.29 Å². The van der Waals surface area contributed by atoms with Crippen molar-refractivity contribution in [3.05, 3.63) is 59.7 Å². The molecule has 0 unspecified atom stereocenters. The Kier molecular flexibility index (Phi) is 8.70. The van der Waals surface area contributed by atoms with E-state index in [4.69, 9.17) is 14.2 Å². The first-order valence-corrected chi connectivity index (χ1v) is 10.2. The number of methoxy groups -OCH3 is 2. The fourth-order valence-electron chi connectivity index (χ4n) is 3.51. The van der Waals surface area contributed by atoms with Crippen LogP contribution in [0.1, 0.15) is 37.3 Å². The van der Waals surface area contributed by atoms with Gasteiger partial charge in [0.2, 0.25) is 0 Å². The topological polar surface area (TPSA) is 102 Å². The molecule has 7 nitrogen and oxygen atoms in total. The highest BCUT2D eigenvalue weighted by Gasteiger charge is 2.30. The molecule has 2 N–H and O–H groups in total. The van der Waals surface area contributed by atoms with E-state index in [9.17, 15) is 19.8 Å². The van der Waals surface area contributed by atoms with Crippen LogP contribution in [0.5, 0.6) is 23.0 Å². The van der Waals surface area contributed by atoms with Crippen LogP contribution in [0.3, 0.4) is 0 Å². The molecule has 172 valence electrons. The fraction of sp³-hybridized carbons (Fsp3) is 0.360. The first-order chi connectivity index (χ1) is 15.2. The van der Waals surface area contributed by atoms with Crippen LogP contribution in [-0.2, 0) is 14.3 Å². The molecule has 2 aromatic rings. The Balaban J connectivity index is 2.58. The molecule has 0 aliphatic rings. The molecule has 7 heteroatoms. The van der Waals surface area contributed by atoms with Crippen molar-refractivity contribution in [3.8, 4) is 23.0 Å². The summed E-state index contributed by atoms with van der Waals surface area (Å²) < 4.78 is 16.0. The number of phenolic OH excluding ortho intramolecular Hbond substituents is 2. The zero-order chi connectivity index (χ0) is 23.8. The minimum Gasteiger partial charge on any atom is -0.504 e. The Morgan fingerprint density at radius 2 is 1.50 bits per heavy atom. The normalized spacial score (nSPS) is 11.8. The lowest BCUT2D eigenvalue weighted by molar-refractivity contribution is -0.145. The lowest BCUT2D eigenvalue weighted by atomic mass is 9.77. The molecule has 2 rings (SSSR count). The van der Waals surface area contributed by atoms with Crippen LogP contribution in [0.15, 0.2) is 48.6 Å². The SMILES string of the molecule is C=C(C=O)[C@H](COC(=O)CC(C)C)C(c1ccc(O)c(OC)c1)c1ccc(O)c(OC)c1. The lowest BCUT2D eigenvalue weighted by Crippen LogP contribution is -2.24. The van der Waals surface area contributed by atoms with Crippen LogP contribution in [0, 0.1) is 11.8 Å². The standard InChI is InChI=1S/C25H30O7/c1-15(2)10-24(29)32-14-19(16(3)13-26)25(17-6-8-20(27)22(11-17)30-4)18-7-9-21(28)23(12-18)31-5/h6-9,11-13,15,19,25,27-28H,3,10,14H2,1-2,4-5H3/t19-/m0/s1. The molecule has 0 bridgehead atoms. The zero-order valence-corrected chi connectivity index (χ0v) is 18.8. The maximum absolute atomic E-state index is 12.2. The molecular formula is C25H30O7. The maximum Gasteiger partial charge on any atom is 0.306 e. The van der Waals surface area contributed by atoms with E-state index in [0.29, 0.717) is 17.4 Å². The summed E-state index contributed by atoms with van der Waals surface area (Å²) in [4.78, 5) is 23.9. The van der Waals surface area contributed by atoms with E-state index in [2.05, 4.69) is 6.58 Å². The second-order valence-corrected chi connectivity index (χ2v) is 7.92. The van der Waals surface area contributed by atoms with Crippen LogP contribution in [-0.4, -0.2) is 43.3 Å². The van der Waals surface area contributed by atoms with Gasteiger partial charge in [-0.2, -0.15) is 0 Å². The van der Waals surface area contributed by atoms with Gasteiger partial charge in [0, 0.05) is 18.3 Å². The van der Waals surface area contributed by atoms with Crippen LogP contribution in [0.25, 0.3) is 0 Å². The third-order valence-corrected chi connectivity index (χ3v) is 5.15. The average Bonchev–Trinajstić information content (AvgIpc) is 2.76. The third-order valence-electron chi connectivity index (χ3n) is 5.15. The van der Waals surface area contributed by atoms with Gasteiger partial charge in [-0.3, -0.25) is 9.59 Å². The number of rotatable bonds is 11. The molecule has 0 saturated carbocycles. The summed E-state index contributed by atoms with van der Waals surface area (Å²) in [6.07, 6.45) is 0.897. The number of phenols is 2. The molecule has 0 radical (unpaired) electrons. The summed E-state index contributed by atoms with van der Waals surface area (Å²) >= 11 is 0. The van der Waals surface area contributed by atoms with Crippen LogP contribution < -0.4 is 9.47 Å². The van der Waals surface area contributed by atoms with Gasteiger partial charge in [0.05, 0.1) is 20.8 Å². The monoisotopic (exact) mass is 442 g/mol. The second-order valence-electron chi connectivity index (χ2n) is 7.92. The van der Waals surface area contributed by atoms with Crippen LogP contribution in [0.2, 0.25) is 0 Å². The summed E-state index contributed by atoms with van der Waals surface area (Å²) in [6, 6.07) is 9.68. The van der Waals surface area contributed by atoms with Gasteiger partial charge < -0.3 is 24.4 Å². The average molecular weight is 443 g/mol. The Morgan fingerprint density at radius 1 is 1.00 bits per heavy atom.